The van der Waals surface area contributed by atoms with Gasteiger partial charge in [0, 0.05) is 25.4 Å². The first-order chi connectivity index (χ1) is 7.31. The molecule has 1 heterocycles. The van der Waals surface area contributed by atoms with Crippen molar-refractivity contribution in [1.82, 2.24) is 9.55 Å². The summed E-state index contributed by atoms with van der Waals surface area (Å²) >= 11 is 0. The summed E-state index contributed by atoms with van der Waals surface area (Å²) in [4.78, 5) is 4.47. The molecule has 0 spiro atoms. The lowest BCUT2D eigenvalue weighted by Gasteiger charge is -2.08. The Kier molecular flexibility index (Phi) is 3.26. The van der Waals surface area contributed by atoms with Gasteiger partial charge in [-0.1, -0.05) is 0 Å². The number of aromatic nitrogens is 2. The van der Waals surface area contributed by atoms with E-state index >= 15 is 0 Å². The molecule has 2 rings (SSSR count). The molecule has 0 amide bonds. The van der Waals surface area contributed by atoms with E-state index < -0.39 is 0 Å². The van der Waals surface area contributed by atoms with Crippen LogP contribution in [0, 0.1) is 6.92 Å². The van der Waals surface area contributed by atoms with Crippen LogP contribution in [0.5, 0.6) is 0 Å². The fourth-order valence-electron chi connectivity index (χ4n) is 1.66. The standard InChI is InChI=1S/C11H19N3O/c1-3-15-7-6-12-11-13-9(2)8-14(11)10-4-5-10/h8,10H,3-7H2,1-2H3,(H,12,13). The zero-order valence-corrected chi connectivity index (χ0v) is 9.49. The first kappa shape index (κ1) is 10.5. The highest BCUT2D eigenvalue weighted by Crippen LogP contribution is 2.37. The van der Waals surface area contributed by atoms with Crippen LogP contribution in [0.25, 0.3) is 0 Å². The summed E-state index contributed by atoms with van der Waals surface area (Å²) in [6.45, 7) is 6.39. The number of hydrogen-bond acceptors (Lipinski definition) is 3. The Balaban J connectivity index is 1.88. The minimum atomic E-state index is 0.681. The van der Waals surface area contributed by atoms with Gasteiger partial charge < -0.3 is 14.6 Å². The van der Waals surface area contributed by atoms with E-state index in [1.807, 2.05) is 13.8 Å². The van der Waals surface area contributed by atoms with Crippen LogP contribution in [0.15, 0.2) is 6.20 Å². The molecule has 1 N–H and O–H groups in total. The van der Waals surface area contributed by atoms with Crippen LogP contribution in [0.3, 0.4) is 0 Å². The van der Waals surface area contributed by atoms with Crippen LogP contribution >= 0.6 is 0 Å². The summed E-state index contributed by atoms with van der Waals surface area (Å²) in [5, 5.41) is 3.32. The fourth-order valence-corrected chi connectivity index (χ4v) is 1.66. The van der Waals surface area contributed by atoms with Crippen LogP contribution < -0.4 is 5.32 Å². The lowest BCUT2D eigenvalue weighted by Crippen LogP contribution is -2.12. The molecule has 4 heteroatoms. The maximum atomic E-state index is 5.28. The molecule has 0 aromatic carbocycles. The molecule has 0 unspecified atom stereocenters. The minimum absolute atomic E-state index is 0.681. The molecule has 1 aliphatic rings. The average Bonchev–Trinajstić information content (AvgIpc) is 2.99. The zero-order chi connectivity index (χ0) is 10.7. The molecule has 1 fully saturated rings. The molecular formula is C11H19N3O. The number of imidazole rings is 1. The molecular weight excluding hydrogens is 190 g/mol. The van der Waals surface area contributed by atoms with Crippen LogP contribution in [-0.2, 0) is 4.74 Å². The van der Waals surface area contributed by atoms with E-state index in [2.05, 4.69) is 21.1 Å². The van der Waals surface area contributed by atoms with Crippen molar-refractivity contribution in [2.75, 3.05) is 25.1 Å². The van der Waals surface area contributed by atoms with Crippen LogP contribution in [0.4, 0.5) is 5.95 Å². The Labute approximate surface area is 90.6 Å². The number of rotatable bonds is 6. The highest BCUT2D eigenvalue weighted by Gasteiger charge is 2.25. The maximum absolute atomic E-state index is 5.28. The van der Waals surface area contributed by atoms with Gasteiger partial charge in [0.05, 0.1) is 12.3 Å². The summed E-state index contributed by atoms with van der Waals surface area (Å²) in [5.41, 5.74) is 1.08. The maximum Gasteiger partial charge on any atom is 0.203 e. The number of ether oxygens (including phenoxy) is 1. The summed E-state index contributed by atoms with van der Waals surface area (Å²) in [6, 6.07) is 0.681. The normalized spacial score (nSPS) is 15.6. The van der Waals surface area contributed by atoms with E-state index in [0.717, 1.165) is 31.4 Å². The van der Waals surface area contributed by atoms with Gasteiger partial charge in [-0.25, -0.2) is 4.98 Å². The van der Waals surface area contributed by atoms with Gasteiger partial charge in [0.15, 0.2) is 0 Å². The van der Waals surface area contributed by atoms with E-state index in [1.54, 1.807) is 0 Å². The molecule has 0 radical (unpaired) electrons. The third-order valence-corrected chi connectivity index (χ3v) is 2.53. The molecule has 0 bridgehead atoms. The van der Waals surface area contributed by atoms with Gasteiger partial charge >= 0.3 is 0 Å². The Morgan fingerprint density at radius 3 is 3.07 bits per heavy atom. The Morgan fingerprint density at radius 2 is 2.40 bits per heavy atom. The van der Waals surface area contributed by atoms with Crippen molar-refractivity contribution < 1.29 is 4.74 Å². The Morgan fingerprint density at radius 1 is 1.60 bits per heavy atom. The van der Waals surface area contributed by atoms with E-state index in [9.17, 15) is 0 Å². The van der Waals surface area contributed by atoms with Crippen molar-refractivity contribution in [3.8, 4) is 0 Å². The van der Waals surface area contributed by atoms with Gasteiger partial charge in [-0.15, -0.1) is 0 Å². The van der Waals surface area contributed by atoms with Gasteiger partial charge in [-0.2, -0.15) is 0 Å². The smallest absolute Gasteiger partial charge is 0.203 e. The second-order valence-electron chi connectivity index (χ2n) is 3.97. The molecule has 0 saturated heterocycles. The molecule has 15 heavy (non-hydrogen) atoms. The predicted octanol–water partition coefficient (Wildman–Crippen LogP) is 1.97. The monoisotopic (exact) mass is 209 g/mol. The van der Waals surface area contributed by atoms with Crippen LogP contribution in [0.2, 0.25) is 0 Å². The number of hydrogen-bond donors (Lipinski definition) is 1. The third kappa shape index (κ3) is 2.72. The third-order valence-electron chi connectivity index (χ3n) is 2.53. The zero-order valence-electron chi connectivity index (χ0n) is 9.49. The highest BCUT2D eigenvalue weighted by atomic mass is 16.5. The average molecular weight is 209 g/mol. The van der Waals surface area contributed by atoms with Crippen molar-refractivity contribution in [3.63, 3.8) is 0 Å². The van der Waals surface area contributed by atoms with E-state index in [-0.39, 0.29) is 0 Å². The van der Waals surface area contributed by atoms with Crippen molar-refractivity contribution >= 4 is 5.95 Å². The second kappa shape index (κ2) is 4.66. The largest absolute Gasteiger partial charge is 0.380 e. The topological polar surface area (TPSA) is 39.1 Å². The summed E-state index contributed by atoms with van der Waals surface area (Å²) < 4.78 is 7.53. The van der Waals surface area contributed by atoms with Gasteiger partial charge in [-0.3, -0.25) is 0 Å². The summed E-state index contributed by atoms with van der Waals surface area (Å²) in [5.74, 6) is 0.995. The Hall–Kier alpha value is -1.03. The van der Waals surface area contributed by atoms with Gasteiger partial charge in [0.1, 0.15) is 0 Å². The van der Waals surface area contributed by atoms with Gasteiger partial charge in [0.25, 0.3) is 0 Å². The molecule has 0 atom stereocenters. The fraction of sp³-hybridized carbons (Fsp3) is 0.727. The molecule has 0 aliphatic heterocycles. The van der Waals surface area contributed by atoms with Crippen molar-refractivity contribution in [1.29, 1.82) is 0 Å². The first-order valence-electron chi connectivity index (χ1n) is 5.68. The number of nitrogens with zero attached hydrogens (tertiary/aromatic N) is 2. The van der Waals surface area contributed by atoms with Crippen molar-refractivity contribution in [2.45, 2.75) is 32.7 Å². The lowest BCUT2D eigenvalue weighted by molar-refractivity contribution is 0.158. The summed E-state index contributed by atoms with van der Waals surface area (Å²) in [7, 11) is 0. The van der Waals surface area contributed by atoms with Crippen LogP contribution in [0.1, 0.15) is 31.5 Å². The first-order valence-corrected chi connectivity index (χ1v) is 5.68. The Bertz CT molecular complexity index is 318. The molecule has 1 aliphatic carbocycles. The summed E-state index contributed by atoms with van der Waals surface area (Å²) in [6.07, 6.45) is 4.70. The number of aryl methyl sites for hydroxylation is 1. The second-order valence-corrected chi connectivity index (χ2v) is 3.97. The minimum Gasteiger partial charge on any atom is -0.380 e. The van der Waals surface area contributed by atoms with Crippen LogP contribution in [-0.4, -0.2) is 29.3 Å². The molecule has 1 aromatic rings. The van der Waals surface area contributed by atoms with E-state index in [1.165, 1.54) is 12.8 Å². The van der Waals surface area contributed by atoms with Gasteiger partial charge in [0.2, 0.25) is 5.95 Å². The molecule has 1 saturated carbocycles. The number of nitrogens with one attached hydrogen (secondary N) is 1. The quantitative estimate of drug-likeness (QED) is 0.728. The predicted molar refractivity (Wildman–Crippen MR) is 60.2 cm³/mol. The SMILES string of the molecule is CCOCCNc1nc(C)cn1C1CC1. The lowest BCUT2D eigenvalue weighted by atomic mass is 10.5. The van der Waals surface area contributed by atoms with E-state index in [4.69, 9.17) is 4.74 Å². The highest BCUT2D eigenvalue weighted by molar-refractivity contribution is 5.30. The van der Waals surface area contributed by atoms with Gasteiger partial charge in [-0.05, 0) is 26.7 Å². The molecule has 84 valence electrons. The van der Waals surface area contributed by atoms with Crippen molar-refractivity contribution in [3.05, 3.63) is 11.9 Å². The van der Waals surface area contributed by atoms with E-state index in [0.29, 0.717) is 6.04 Å². The molecule has 1 aromatic heterocycles. The molecule has 4 nitrogen and oxygen atoms in total. The number of anilines is 1. The van der Waals surface area contributed by atoms with Crippen molar-refractivity contribution in [2.24, 2.45) is 0 Å².